The largest absolute Gasteiger partial charge is 0.497 e. The number of benzene rings is 3. The Labute approximate surface area is 178 Å². The van der Waals surface area contributed by atoms with E-state index in [4.69, 9.17) is 4.74 Å². The number of hydrogen-bond donors (Lipinski definition) is 1. The van der Waals surface area contributed by atoms with Crippen molar-refractivity contribution >= 4 is 34.4 Å². The van der Waals surface area contributed by atoms with E-state index >= 15 is 0 Å². The number of nitrogens with zero attached hydrogens (tertiary/aromatic N) is 2. The molecule has 0 saturated carbocycles. The predicted octanol–water partition coefficient (Wildman–Crippen LogP) is 6.42. The van der Waals surface area contributed by atoms with Crippen molar-refractivity contribution in [3.05, 3.63) is 89.8 Å². The first-order valence-corrected chi connectivity index (χ1v) is 10.7. The number of methoxy groups -OCH3 is 1. The van der Waals surface area contributed by atoms with Crippen LogP contribution in [0.5, 0.6) is 5.75 Å². The SMILES string of the molecule is COc1ccc(Sc2ccccc2C=NNc2nc(-c3ccccc3)cs2)cc1. The lowest BCUT2D eigenvalue weighted by atomic mass is 10.2. The quantitative estimate of drug-likeness (QED) is 0.278. The summed E-state index contributed by atoms with van der Waals surface area (Å²) in [5, 5.41) is 7.18. The number of hydrogen-bond acceptors (Lipinski definition) is 6. The fourth-order valence-corrected chi connectivity index (χ4v) is 4.25. The molecule has 4 aromatic rings. The van der Waals surface area contributed by atoms with E-state index in [1.165, 1.54) is 11.3 Å². The molecule has 144 valence electrons. The Balaban J connectivity index is 1.44. The van der Waals surface area contributed by atoms with Gasteiger partial charge in [0.15, 0.2) is 0 Å². The molecular formula is C23H19N3OS2. The molecule has 0 fully saturated rings. The van der Waals surface area contributed by atoms with Crippen molar-refractivity contribution in [3.8, 4) is 17.0 Å². The highest BCUT2D eigenvalue weighted by molar-refractivity contribution is 7.99. The van der Waals surface area contributed by atoms with Crippen molar-refractivity contribution in [1.29, 1.82) is 0 Å². The molecule has 0 aliphatic carbocycles. The van der Waals surface area contributed by atoms with Crippen molar-refractivity contribution in [1.82, 2.24) is 4.98 Å². The summed E-state index contributed by atoms with van der Waals surface area (Å²) in [5.41, 5.74) is 6.13. The van der Waals surface area contributed by atoms with Crippen molar-refractivity contribution in [3.63, 3.8) is 0 Å². The van der Waals surface area contributed by atoms with Gasteiger partial charge in [-0.25, -0.2) is 4.98 Å². The van der Waals surface area contributed by atoms with Crippen LogP contribution in [0.15, 0.2) is 99.1 Å². The van der Waals surface area contributed by atoms with Crippen LogP contribution in [0.4, 0.5) is 5.13 Å². The summed E-state index contributed by atoms with van der Waals surface area (Å²) in [5.74, 6) is 0.853. The molecule has 0 radical (unpaired) electrons. The first kappa shape index (κ1) is 19.2. The first-order chi connectivity index (χ1) is 14.3. The van der Waals surface area contributed by atoms with Crippen molar-refractivity contribution in [2.24, 2.45) is 5.10 Å². The predicted molar refractivity (Wildman–Crippen MR) is 122 cm³/mol. The first-order valence-electron chi connectivity index (χ1n) is 9.03. The van der Waals surface area contributed by atoms with Gasteiger partial charge in [-0.3, -0.25) is 5.43 Å². The van der Waals surface area contributed by atoms with Gasteiger partial charge in [0, 0.05) is 26.3 Å². The van der Waals surface area contributed by atoms with Crippen LogP contribution in [0.3, 0.4) is 0 Å². The normalized spacial score (nSPS) is 10.9. The number of rotatable bonds is 7. The maximum absolute atomic E-state index is 5.22. The van der Waals surface area contributed by atoms with Crippen LogP contribution < -0.4 is 10.2 Å². The standard InChI is InChI=1S/C23H19N3OS2/c1-27-19-11-13-20(14-12-19)29-22-10-6-5-9-18(22)15-24-26-23-25-21(16-28-23)17-7-3-2-4-8-17/h2-16H,1H3,(H,25,26). The number of hydrazone groups is 1. The second kappa shape index (κ2) is 9.41. The smallest absolute Gasteiger partial charge is 0.203 e. The van der Waals surface area contributed by atoms with E-state index in [0.29, 0.717) is 0 Å². The Morgan fingerprint density at radius 1 is 0.966 bits per heavy atom. The monoisotopic (exact) mass is 417 g/mol. The fourth-order valence-electron chi connectivity index (χ4n) is 2.67. The van der Waals surface area contributed by atoms with E-state index in [1.54, 1.807) is 18.9 Å². The Kier molecular flexibility index (Phi) is 6.24. The molecular weight excluding hydrogens is 398 g/mol. The molecule has 0 aliphatic heterocycles. The van der Waals surface area contributed by atoms with Gasteiger partial charge in [-0.15, -0.1) is 11.3 Å². The fraction of sp³-hybridized carbons (Fsp3) is 0.0435. The van der Waals surface area contributed by atoms with Gasteiger partial charge in [-0.1, -0.05) is 60.3 Å². The van der Waals surface area contributed by atoms with Gasteiger partial charge >= 0.3 is 0 Å². The zero-order chi connectivity index (χ0) is 19.9. The molecule has 0 saturated heterocycles. The van der Waals surface area contributed by atoms with Crippen LogP contribution in [0.2, 0.25) is 0 Å². The van der Waals surface area contributed by atoms with Crippen LogP contribution in [0.1, 0.15) is 5.56 Å². The summed E-state index contributed by atoms with van der Waals surface area (Å²) in [4.78, 5) is 6.87. The van der Waals surface area contributed by atoms with Crippen LogP contribution in [-0.4, -0.2) is 18.3 Å². The molecule has 6 heteroatoms. The number of ether oxygens (including phenoxy) is 1. The summed E-state index contributed by atoms with van der Waals surface area (Å²) >= 11 is 3.23. The molecule has 0 aliphatic rings. The molecule has 0 bridgehead atoms. The lowest BCUT2D eigenvalue weighted by molar-refractivity contribution is 0.414. The van der Waals surface area contributed by atoms with Crippen molar-refractivity contribution in [2.45, 2.75) is 9.79 Å². The van der Waals surface area contributed by atoms with E-state index in [-0.39, 0.29) is 0 Å². The van der Waals surface area contributed by atoms with E-state index in [1.807, 2.05) is 60.1 Å². The molecule has 0 spiro atoms. The van der Waals surface area contributed by atoms with Crippen molar-refractivity contribution in [2.75, 3.05) is 12.5 Å². The summed E-state index contributed by atoms with van der Waals surface area (Å²) in [6.07, 6.45) is 1.83. The minimum atomic E-state index is 0.764. The maximum Gasteiger partial charge on any atom is 0.203 e. The molecule has 4 nitrogen and oxygen atoms in total. The number of thiazole rings is 1. The highest BCUT2D eigenvalue weighted by Crippen LogP contribution is 2.31. The highest BCUT2D eigenvalue weighted by atomic mass is 32.2. The molecule has 1 heterocycles. The Morgan fingerprint density at radius 3 is 2.52 bits per heavy atom. The zero-order valence-corrected chi connectivity index (χ0v) is 17.4. The van der Waals surface area contributed by atoms with Crippen LogP contribution in [0, 0.1) is 0 Å². The van der Waals surface area contributed by atoms with Gasteiger partial charge in [0.1, 0.15) is 5.75 Å². The lowest BCUT2D eigenvalue weighted by Crippen LogP contribution is -1.92. The van der Waals surface area contributed by atoms with Gasteiger partial charge in [-0.2, -0.15) is 5.10 Å². The molecule has 3 aromatic carbocycles. The summed E-state index contributed by atoms with van der Waals surface area (Å²) < 4.78 is 5.22. The maximum atomic E-state index is 5.22. The van der Waals surface area contributed by atoms with Crippen LogP contribution in [0.25, 0.3) is 11.3 Å². The highest BCUT2D eigenvalue weighted by Gasteiger charge is 2.05. The second-order valence-corrected chi connectivity index (χ2v) is 8.06. The minimum absolute atomic E-state index is 0.764. The lowest BCUT2D eigenvalue weighted by Gasteiger charge is -2.06. The molecule has 0 amide bonds. The van der Waals surface area contributed by atoms with Gasteiger partial charge in [0.05, 0.1) is 19.0 Å². The average molecular weight is 418 g/mol. The minimum Gasteiger partial charge on any atom is -0.497 e. The number of nitrogens with one attached hydrogen (secondary N) is 1. The van der Waals surface area contributed by atoms with E-state index < -0.39 is 0 Å². The summed E-state index contributed by atoms with van der Waals surface area (Å²) in [7, 11) is 1.67. The Morgan fingerprint density at radius 2 is 1.72 bits per heavy atom. The third kappa shape index (κ3) is 5.04. The second-order valence-electron chi connectivity index (χ2n) is 6.09. The van der Waals surface area contributed by atoms with Crippen LogP contribution in [-0.2, 0) is 0 Å². The Bertz CT molecular complexity index is 1090. The third-order valence-corrected chi connectivity index (χ3v) is 5.99. The van der Waals surface area contributed by atoms with Crippen molar-refractivity contribution < 1.29 is 4.74 Å². The summed E-state index contributed by atoms with van der Waals surface area (Å²) in [6.45, 7) is 0. The van der Waals surface area contributed by atoms with E-state index in [2.05, 4.69) is 45.8 Å². The van der Waals surface area contributed by atoms with Crippen LogP contribution >= 0.6 is 23.1 Å². The molecule has 1 N–H and O–H groups in total. The van der Waals surface area contributed by atoms with Gasteiger partial charge in [-0.05, 0) is 30.3 Å². The van der Waals surface area contributed by atoms with Gasteiger partial charge in [0.25, 0.3) is 0 Å². The molecule has 0 unspecified atom stereocenters. The molecule has 4 rings (SSSR count). The molecule has 29 heavy (non-hydrogen) atoms. The number of aromatic nitrogens is 1. The van der Waals surface area contributed by atoms with Gasteiger partial charge in [0.2, 0.25) is 5.13 Å². The van der Waals surface area contributed by atoms with E-state index in [9.17, 15) is 0 Å². The number of anilines is 1. The van der Waals surface area contributed by atoms with E-state index in [0.717, 1.165) is 37.5 Å². The molecule has 0 atom stereocenters. The summed E-state index contributed by atoms with van der Waals surface area (Å²) in [6, 6.07) is 26.3. The zero-order valence-electron chi connectivity index (χ0n) is 15.8. The Hall–Kier alpha value is -3.09. The average Bonchev–Trinajstić information content (AvgIpc) is 3.25. The topological polar surface area (TPSA) is 46.5 Å². The third-order valence-electron chi connectivity index (χ3n) is 4.14. The molecule has 1 aromatic heterocycles. The van der Waals surface area contributed by atoms with Gasteiger partial charge < -0.3 is 4.74 Å².